The van der Waals surface area contributed by atoms with E-state index in [1.807, 2.05) is 0 Å². The van der Waals surface area contributed by atoms with Gasteiger partial charge in [-0.25, -0.2) is 8.42 Å². The molecule has 0 aliphatic heterocycles. The lowest BCUT2D eigenvalue weighted by Crippen LogP contribution is -2.38. The van der Waals surface area contributed by atoms with E-state index in [-0.39, 0.29) is 20.8 Å². The monoisotopic (exact) mass is 499 g/mol. The fourth-order valence-corrected chi connectivity index (χ4v) is 3.77. The fourth-order valence-electron chi connectivity index (χ4n) is 2.97. The Morgan fingerprint density at radius 2 is 1.88 bits per heavy atom. The Morgan fingerprint density at radius 3 is 2.42 bits per heavy atom. The summed E-state index contributed by atoms with van der Waals surface area (Å²) in [4.78, 5) is 16.9. The SMILES string of the molecule is C[C@@H](NC(=O)c1cc(-c2ccc(Cl)cn2)cc(S(C)(=O)=O)c1)c1ccc(C(F)(F)F)[n+]([O-])c1. The van der Waals surface area contributed by atoms with Crippen LogP contribution in [0.2, 0.25) is 5.02 Å². The van der Waals surface area contributed by atoms with Gasteiger partial charge >= 0.3 is 6.18 Å². The maximum Gasteiger partial charge on any atom is 0.478 e. The van der Waals surface area contributed by atoms with Crippen molar-refractivity contribution in [3.63, 3.8) is 0 Å². The molecular formula is C21H17ClF3N3O4S. The second-order valence-corrected chi connectivity index (χ2v) is 9.70. The molecule has 3 aromatic rings. The molecule has 0 aliphatic carbocycles. The lowest BCUT2D eigenvalue weighted by atomic mass is 10.1. The Hall–Kier alpha value is -3.18. The summed E-state index contributed by atoms with van der Waals surface area (Å²) in [6.07, 6.45) is -1.73. The summed E-state index contributed by atoms with van der Waals surface area (Å²) in [7, 11) is -3.69. The van der Waals surface area contributed by atoms with E-state index in [9.17, 15) is 31.6 Å². The predicted molar refractivity (Wildman–Crippen MR) is 114 cm³/mol. The number of halogens is 4. The first-order valence-electron chi connectivity index (χ1n) is 9.34. The van der Waals surface area contributed by atoms with Crippen molar-refractivity contribution in [1.82, 2.24) is 10.3 Å². The van der Waals surface area contributed by atoms with E-state index >= 15 is 0 Å². The molecule has 1 aromatic carbocycles. The first-order valence-corrected chi connectivity index (χ1v) is 11.6. The number of pyridine rings is 2. The molecule has 0 saturated heterocycles. The van der Waals surface area contributed by atoms with Crippen molar-refractivity contribution in [2.45, 2.75) is 24.0 Å². The van der Waals surface area contributed by atoms with E-state index < -0.39 is 33.7 Å². The van der Waals surface area contributed by atoms with E-state index in [0.29, 0.717) is 22.3 Å². The van der Waals surface area contributed by atoms with Gasteiger partial charge in [0.2, 0.25) is 0 Å². The van der Waals surface area contributed by atoms with Crippen molar-refractivity contribution >= 4 is 27.3 Å². The first-order chi connectivity index (χ1) is 15.3. The van der Waals surface area contributed by atoms with Gasteiger partial charge in [0.05, 0.1) is 21.7 Å². The maximum absolute atomic E-state index is 12.8. The second-order valence-electron chi connectivity index (χ2n) is 7.25. The smallest absolute Gasteiger partial charge is 0.478 e. The standard InChI is InChI=1S/C21H17ClF3N3O4S/c1-12(13-3-6-19(21(23,24)25)28(30)11-13)27-20(29)15-7-14(8-17(9-15)33(2,31)32)18-5-4-16(22)10-26-18/h3-12H,1-2H3,(H,27,29)/t12-/m1/s1. The van der Waals surface area contributed by atoms with Crippen LogP contribution in [0, 0.1) is 5.21 Å². The Labute approximate surface area is 192 Å². The molecule has 3 rings (SSSR count). The lowest BCUT2D eigenvalue weighted by molar-refractivity contribution is -0.629. The molecule has 0 fully saturated rings. The molecule has 0 unspecified atom stereocenters. The lowest BCUT2D eigenvalue weighted by Gasteiger charge is -2.16. The van der Waals surface area contributed by atoms with Gasteiger partial charge in [-0.15, -0.1) is 0 Å². The van der Waals surface area contributed by atoms with Crippen molar-refractivity contribution in [1.29, 1.82) is 0 Å². The van der Waals surface area contributed by atoms with Gasteiger partial charge in [-0.2, -0.15) is 17.9 Å². The number of alkyl halides is 3. The van der Waals surface area contributed by atoms with Gasteiger partial charge < -0.3 is 10.5 Å². The minimum Gasteiger partial charge on any atom is -0.618 e. The number of carbonyl (C=O) groups is 1. The summed E-state index contributed by atoms with van der Waals surface area (Å²) in [5.74, 6) is -0.694. The molecule has 0 aliphatic rings. The van der Waals surface area contributed by atoms with Crippen molar-refractivity contribution in [3.05, 3.63) is 81.9 Å². The molecule has 1 amide bonds. The largest absolute Gasteiger partial charge is 0.618 e. The number of rotatable bonds is 5. The number of nitrogens with zero attached hydrogens (tertiary/aromatic N) is 2. The summed E-state index contributed by atoms with van der Waals surface area (Å²) >= 11 is 5.84. The predicted octanol–water partition coefficient (Wildman–Crippen LogP) is 3.95. The van der Waals surface area contributed by atoms with Crippen LogP contribution in [0.25, 0.3) is 11.3 Å². The molecule has 1 N–H and O–H groups in total. The molecule has 2 aromatic heterocycles. The number of carbonyl (C=O) groups excluding carboxylic acids is 1. The molecule has 0 saturated carbocycles. The molecule has 7 nitrogen and oxygen atoms in total. The summed E-state index contributed by atoms with van der Waals surface area (Å²) in [5, 5.41) is 14.7. The van der Waals surface area contributed by atoms with Crippen molar-refractivity contribution in [3.8, 4) is 11.3 Å². The minimum atomic E-state index is -4.81. The fraction of sp³-hybridized carbons (Fsp3) is 0.190. The molecule has 1 atom stereocenters. The van der Waals surface area contributed by atoms with Crippen LogP contribution >= 0.6 is 11.6 Å². The minimum absolute atomic E-state index is 0.0153. The average molecular weight is 500 g/mol. The summed E-state index contributed by atoms with van der Waals surface area (Å²) in [5.41, 5.74) is -0.546. The Morgan fingerprint density at radius 1 is 1.18 bits per heavy atom. The van der Waals surface area contributed by atoms with E-state index in [0.717, 1.165) is 18.5 Å². The van der Waals surface area contributed by atoms with Crippen molar-refractivity contribution in [2.24, 2.45) is 0 Å². The maximum atomic E-state index is 12.8. The van der Waals surface area contributed by atoms with E-state index in [2.05, 4.69) is 10.3 Å². The van der Waals surface area contributed by atoms with Crippen LogP contribution in [0.5, 0.6) is 0 Å². The van der Waals surface area contributed by atoms with Crippen LogP contribution in [0.3, 0.4) is 0 Å². The highest BCUT2D eigenvalue weighted by molar-refractivity contribution is 7.90. The van der Waals surface area contributed by atoms with E-state index in [4.69, 9.17) is 11.6 Å². The number of aromatic nitrogens is 2. The molecule has 0 bridgehead atoms. The Kier molecular flexibility index (Phi) is 6.66. The normalized spacial score (nSPS) is 12.9. The zero-order valence-electron chi connectivity index (χ0n) is 17.2. The quantitative estimate of drug-likeness (QED) is 0.423. The van der Waals surface area contributed by atoms with E-state index in [1.54, 1.807) is 12.1 Å². The van der Waals surface area contributed by atoms with Gasteiger partial charge in [-0.05, 0) is 43.3 Å². The van der Waals surface area contributed by atoms with Gasteiger partial charge in [-0.3, -0.25) is 9.78 Å². The van der Waals surface area contributed by atoms with Gasteiger partial charge in [0, 0.05) is 35.2 Å². The van der Waals surface area contributed by atoms with Crippen molar-refractivity contribution in [2.75, 3.05) is 6.26 Å². The van der Waals surface area contributed by atoms with Crippen LogP contribution in [0.1, 0.15) is 34.6 Å². The molecular weight excluding hydrogens is 483 g/mol. The third-order valence-electron chi connectivity index (χ3n) is 4.70. The zero-order valence-corrected chi connectivity index (χ0v) is 18.8. The number of hydrogen-bond acceptors (Lipinski definition) is 5. The molecule has 0 spiro atoms. The van der Waals surface area contributed by atoms with Gasteiger partial charge in [0.25, 0.3) is 11.6 Å². The molecule has 12 heteroatoms. The van der Waals surface area contributed by atoms with Gasteiger partial charge in [-0.1, -0.05) is 11.6 Å². The van der Waals surface area contributed by atoms with Crippen molar-refractivity contribution < 1.29 is 31.1 Å². The van der Waals surface area contributed by atoms with Crippen LogP contribution < -0.4 is 10.0 Å². The third kappa shape index (κ3) is 5.79. The molecule has 2 heterocycles. The highest BCUT2D eigenvalue weighted by Crippen LogP contribution is 2.28. The van der Waals surface area contributed by atoms with Crippen LogP contribution in [-0.2, 0) is 16.0 Å². The van der Waals surface area contributed by atoms with Crippen LogP contribution in [0.15, 0.2) is 59.8 Å². The third-order valence-corrected chi connectivity index (χ3v) is 6.01. The van der Waals surface area contributed by atoms with Gasteiger partial charge in [0.15, 0.2) is 16.0 Å². The summed E-state index contributed by atoms with van der Waals surface area (Å²) in [6, 6.07) is 7.94. The van der Waals surface area contributed by atoms with Crippen LogP contribution in [0.4, 0.5) is 13.2 Å². The van der Waals surface area contributed by atoms with E-state index in [1.165, 1.54) is 31.3 Å². The molecule has 33 heavy (non-hydrogen) atoms. The highest BCUT2D eigenvalue weighted by Gasteiger charge is 2.39. The number of benzene rings is 1. The van der Waals surface area contributed by atoms with Crippen LogP contribution in [-0.4, -0.2) is 25.6 Å². The summed E-state index contributed by atoms with van der Waals surface area (Å²) in [6.45, 7) is 1.47. The first kappa shape index (κ1) is 24.5. The van der Waals surface area contributed by atoms with Gasteiger partial charge in [0.1, 0.15) is 0 Å². The average Bonchev–Trinajstić information content (AvgIpc) is 2.72. The molecule has 174 valence electrons. The number of hydrogen-bond donors (Lipinski definition) is 1. The highest BCUT2D eigenvalue weighted by atomic mass is 35.5. The summed E-state index contributed by atoms with van der Waals surface area (Å²) < 4.78 is 62.3. The number of sulfone groups is 1. The second kappa shape index (κ2) is 8.99. The number of amides is 1. The molecule has 0 radical (unpaired) electrons. The Balaban J connectivity index is 1.94. The zero-order chi connectivity index (χ0) is 24.6. The number of nitrogens with one attached hydrogen (secondary N) is 1. The Bertz CT molecular complexity index is 1310. The topological polar surface area (TPSA) is 103 Å².